The molecular formula is C10H20ClN. The Hall–Kier alpha value is 0.250. The van der Waals surface area contributed by atoms with Gasteiger partial charge in [0.15, 0.2) is 0 Å². The molecular weight excluding hydrogens is 170 g/mol. The van der Waals surface area contributed by atoms with Gasteiger partial charge in [0.1, 0.15) is 0 Å². The number of hydrogen-bond donors (Lipinski definition) is 0. The first-order valence-corrected chi connectivity index (χ1v) is 5.21. The Labute approximate surface area is 81.9 Å². The zero-order valence-electron chi connectivity index (χ0n) is 7.80. The maximum absolute atomic E-state index is 2.72. The van der Waals surface area contributed by atoms with E-state index in [0.717, 1.165) is 6.04 Å². The summed E-state index contributed by atoms with van der Waals surface area (Å²) < 4.78 is 0. The van der Waals surface area contributed by atoms with Crippen molar-refractivity contribution >= 4 is 12.4 Å². The monoisotopic (exact) mass is 189 g/mol. The Kier molecular flexibility index (Phi) is 4.38. The van der Waals surface area contributed by atoms with Crippen LogP contribution in [-0.4, -0.2) is 24.0 Å². The van der Waals surface area contributed by atoms with Crippen LogP contribution in [0.4, 0.5) is 0 Å². The minimum absolute atomic E-state index is 0. The molecule has 2 aliphatic rings. The van der Waals surface area contributed by atoms with Gasteiger partial charge < -0.3 is 4.90 Å². The normalized spacial score (nSPS) is 27.0. The lowest BCUT2D eigenvalue weighted by Crippen LogP contribution is -2.34. The molecule has 1 aliphatic heterocycles. The number of hydrogen-bond acceptors (Lipinski definition) is 1. The fourth-order valence-corrected chi connectivity index (χ4v) is 2.55. The molecule has 2 heteroatoms. The summed E-state index contributed by atoms with van der Waals surface area (Å²) in [5.41, 5.74) is 0. The van der Waals surface area contributed by atoms with E-state index in [1.807, 2.05) is 0 Å². The first-order valence-electron chi connectivity index (χ1n) is 5.21. The van der Waals surface area contributed by atoms with Gasteiger partial charge in [-0.25, -0.2) is 0 Å². The Morgan fingerprint density at radius 2 is 1.33 bits per heavy atom. The molecule has 0 aromatic heterocycles. The minimum atomic E-state index is 0. The molecule has 72 valence electrons. The quantitative estimate of drug-likeness (QED) is 0.613. The van der Waals surface area contributed by atoms with Crippen LogP contribution in [0.1, 0.15) is 44.9 Å². The summed E-state index contributed by atoms with van der Waals surface area (Å²) in [5.74, 6) is 0. The summed E-state index contributed by atoms with van der Waals surface area (Å²) in [6.45, 7) is 2.79. The lowest BCUT2D eigenvalue weighted by Gasteiger charge is -2.30. The Bertz CT molecular complexity index is 115. The summed E-state index contributed by atoms with van der Waals surface area (Å²) >= 11 is 0. The third-order valence-corrected chi connectivity index (χ3v) is 3.23. The molecule has 0 atom stereocenters. The Balaban J connectivity index is 0.000000720. The Morgan fingerprint density at radius 1 is 0.750 bits per heavy atom. The molecule has 1 nitrogen and oxygen atoms in total. The van der Waals surface area contributed by atoms with E-state index >= 15 is 0 Å². The van der Waals surface area contributed by atoms with Gasteiger partial charge in [0.25, 0.3) is 0 Å². The van der Waals surface area contributed by atoms with Gasteiger partial charge in [-0.1, -0.05) is 19.3 Å². The first-order chi connectivity index (χ1) is 5.47. The molecule has 0 aromatic carbocycles. The van der Waals surface area contributed by atoms with E-state index in [4.69, 9.17) is 0 Å². The van der Waals surface area contributed by atoms with Gasteiger partial charge in [0.2, 0.25) is 0 Å². The highest BCUT2D eigenvalue weighted by Crippen LogP contribution is 2.25. The summed E-state index contributed by atoms with van der Waals surface area (Å²) in [6, 6.07) is 0.978. The van der Waals surface area contributed by atoms with E-state index in [2.05, 4.69) is 4.90 Å². The first kappa shape index (κ1) is 10.3. The van der Waals surface area contributed by atoms with Crippen LogP contribution in [0.5, 0.6) is 0 Å². The van der Waals surface area contributed by atoms with Crippen LogP contribution in [0.15, 0.2) is 0 Å². The molecule has 1 saturated carbocycles. The minimum Gasteiger partial charge on any atom is -0.300 e. The van der Waals surface area contributed by atoms with Gasteiger partial charge in [-0.2, -0.15) is 0 Å². The second kappa shape index (κ2) is 5.08. The predicted octanol–water partition coefficient (Wildman–Crippen LogP) is 2.84. The van der Waals surface area contributed by atoms with Crippen molar-refractivity contribution in [3.63, 3.8) is 0 Å². The molecule has 0 aromatic rings. The summed E-state index contributed by atoms with van der Waals surface area (Å²) in [6.07, 6.45) is 10.3. The van der Waals surface area contributed by atoms with Gasteiger partial charge in [-0.05, 0) is 38.8 Å². The molecule has 0 spiro atoms. The van der Waals surface area contributed by atoms with Gasteiger partial charge in [0, 0.05) is 6.04 Å². The van der Waals surface area contributed by atoms with E-state index in [9.17, 15) is 0 Å². The van der Waals surface area contributed by atoms with E-state index in [1.165, 1.54) is 58.0 Å². The van der Waals surface area contributed by atoms with Crippen LogP contribution in [0, 0.1) is 0 Å². The lowest BCUT2D eigenvalue weighted by atomic mass is 9.94. The average molecular weight is 190 g/mol. The van der Waals surface area contributed by atoms with Crippen molar-refractivity contribution in [2.24, 2.45) is 0 Å². The van der Waals surface area contributed by atoms with Gasteiger partial charge >= 0.3 is 0 Å². The summed E-state index contributed by atoms with van der Waals surface area (Å²) in [7, 11) is 0. The molecule has 0 unspecified atom stereocenters. The summed E-state index contributed by atoms with van der Waals surface area (Å²) in [4.78, 5) is 2.72. The molecule has 0 N–H and O–H groups in total. The van der Waals surface area contributed by atoms with Crippen LogP contribution >= 0.6 is 12.4 Å². The highest BCUT2D eigenvalue weighted by molar-refractivity contribution is 5.85. The van der Waals surface area contributed by atoms with E-state index < -0.39 is 0 Å². The molecule has 2 fully saturated rings. The van der Waals surface area contributed by atoms with Crippen LogP contribution in [0.3, 0.4) is 0 Å². The third kappa shape index (κ3) is 2.37. The topological polar surface area (TPSA) is 3.24 Å². The number of halogens is 1. The standard InChI is InChI=1S/C10H19N.ClH/c1-2-6-10(7-3-1)11-8-4-5-9-11;/h10H,1-9H2;1H. The second-order valence-electron chi connectivity index (χ2n) is 4.03. The molecule has 12 heavy (non-hydrogen) atoms. The molecule has 1 saturated heterocycles. The van der Waals surface area contributed by atoms with E-state index in [-0.39, 0.29) is 12.4 Å². The average Bonchev–Trinajstić information content (AvgIpc) is 2.58. The van der Waals surface area contributed by atoms with Gasteiger partial charge in [0.05, 0.1) is 0 Å². The number of rotatable bonds is 1. The highest BCUT2D eigenvalue weighted by Gasteiger charge is 2.22. The van der Waals surface area contributed by atoms with Gasteiger partial charge in [-0.3, -0.25) is 0 Å². The fourth-order valence-electron chi connectivity index (χ4n) is 2.55. The molecule has 1 aliphatic carbocycles. The van der Waals surface area contributed by atoms with Crippen molar-refractivity contribution in [2.75, 3.05) is 13.1 Å². The third-order valence-electron chi connectivity index (χ3n) is 3.23. The highest BCUT2D eigenvalue weighted by atomic mass is 35.5. The van der Waals surface area contributed by atoms with Crippen molar-refractivity contribution in [1.82, 2.24) is 4.90 Å². The van der Waals surface area contributed by atoms with Crippen molar-refractivity contribution in [3.05, 3.63) is 0 Å². The number of nitrogens with zero attached hydrogens (tertiary/aromatic N) is 1. The lowest BCUT2D eigenvalue weighted by molar-refractivity contribution is 0.191. The fraction of sp³-hybridized carbons (Fsp3) is 1.00. The SMILES string of the molecule is C1CCC(N2CCCC2)CC1.Cl. The van der Waals surface area contributed by atoms with Crippen LogP contribution < -0.4 is 0 Å². The molecule has 0 bridgehead atoms. The predicted molar refractivity (Wildman–Crippen MR) is 54.9 cm³/mol. The van der Waals surface area contributed by atoms with E-state index in [0.29, 0.717) is 0 Å². The molecule has 0 amide bonds. The van der Waals surface area contributed by atoms with Crippen molar-refractivity contribution in [2.45, 2.75) is 51.0 Å². The summed E-state index contributed by atoms with van der Waals surface area (Å²) in [5, 5.41) is 0. The maximum atomic E-state index is 2.72. The zero-order valence-corrected chi connectivity index (χ0v) is 8.61. The largest absolute Gasteiger partial charge is 0.300 e. The second-order valence-corrected chi connectivity index (χ2v) is 4.03. The van der Waals surface area contributed by atoms with E-state index in [1.54, 1.807) is 0 Å². The van der Waals surface area contributed by atoms with Crippen molar-refractivity contribution < 1.29 is 0 Å². The smallest absolute Gasteiger partial charge is 0.00952 e. The maximum Gasteiger partial charge on any atom is 0.00952 e. The number of likely N-dealkylation sites (tertiary alicyclic amines) is 1. The zero-order chi connectivity index (χ0) is 7.52. The van der Waals surface area contributed by atoms with Crippen molar-refractivity contribution in [3.8, 4) is 0 Å². The van der Waals surface area contributed by atoms with Crippen LogP contribution in [-0.2, 0) is 0 Å². The van der Waals surface area contributed by atoms with Crippen LogP contribution in [0.2, 0.25) is 0 Å². The van der Waals surface area contributed by atoms with Crippen molar-refractivity contribution in [1.29, 1.82) is 0 Å². The van der Waals surface area contributed by atoms with Crippen LogP contribution in [0.25, 0.3) is 0 Å². The Morgan fingerprint density at radius 3 is 1.92 bits per heavy atom. The molecule has 2 rings (SSSR count). The van der Waals surface area contributed by atoms with Gasteiger partial charge in [-0.15, -0.1) is 12.4 Å². The molecule has 0 radical (unpaired) electrons. The molecule has 1 heterocycles.